The van der Waals surface area contributed by atoms with Gasteiger partial charge in [-0.15, -0.1) is 0 Å². The molecule has 0 aliphatic carbocycles. The van der Waals surface area contributed by atoms with E-state index in [0.29, 0.717) is 32.3 Å². The van der Waals surface area contributed by atoms with Crippen molar-refractivity contribution < 1.29 is 23.8 Å². The molecule has 310 valence electrons. The smallest absolute Gasteiger partial charge is 0.306 e. The number of hydrogen-bond donors (Lipinski definition) is 0. The van der Waals surface area contributed by atoms with E-state index in [0.717, 1.165) is 78.5 Å². The van der Waals surface area contributed by atoms with Gasteiger partial charge in [0.15, 0.2) is 0 Å². The van der Waals surface area contributed by atoms with Crippen LogP contribution in [0.25, 0.3) is 33.3 Å². The molecule has 0 saturated heterocycles. The minimum Gasteiger partial charge on any atom is -0.469 e. The van der Waals surface area contributed by atoms with E-state index in [1.807, 2.05) is 36.4 Å². The fraction of sp³-hybridized carbons (Fsp3) is 0.154. The molecule has 8 rings (SSSR count). The summed E-state index contributed by atoms with van der Waals surface area (Å²) < 4.78 is 24.6. The quantitative estimate of drug-likeness (QED) is 0.0656. The highest BCUT2D eigenvalue weighted by atomic mass is 32.1. The van der Waals surface area contributed by atoms with Crippen LogP contribution in [0.2, 0.25) is 0 Å². The number of benzene rings is 7. The fourth-order valence-electron chi connectivity index (χ4n) is 7.49. The van der Waals surface area contributed by atoms with Crippen LogP contribution in [-0.2, 0) is 36.6 Å². The van der Waals surface area contributed by atoms with Crippen LogP contribution in [0.5, 0.6) is 0 Å². The number of hydrogen-bond acceptors (Lipinski definition) is 10. The van der Waals surface area contributed by atoms with E-state index < -0.39 is 0 Å². The number of aromatic nitrogens is 2. The normalized spacial score (nSPS) is 11.0. The number of carbonyl (C=O) groups excluding carboxylic acids is 2. The molecule has 62 heavy (non-hydrogen) atoms. The summed E-state index contributed by atoms with van der Waals surface area (Å²) in [6, 6.07) is 58.6. The van der Waals surface area contributed by atoms with Gasteiger partial charge in [0.25, 0.3) is 0 Å². The number of nitrogens with zero attached hydrogens (tertiary/aromatic N) is 4. The first-order chi connectivity index (χ1) is 30.5. The van der Waals surface area contributed by atoms with Crippen molar-refractivity contribution in [3.05, 3.63) is 181 Å². The third-order valence-corrected chi connectivity index (χ3v) is 11.2. The Labute approximate surface area is 366 Å². The van der Waals surface area contributed by atoms with E-state index in [1.165, 1.54) is 18.8 Å². The van der Waals surface area contributed by atoms with Gasteiger partial charge in [0, 0.05) is 65.2 Å². The highest BCUT2D eigenvalue weighted by molar-refractivity contribution is 7.00. The highest BCUT2D eigenvalue weighted by Gasteiger charge is 2.18. The zero-order valence-corrected chi connectivity index (χ0v) is 35.5. The van der Waals surface area contributed by atoms with Crippen molar-refractivity contribution in [1.29, 1.82) is 0 Å². The Bertz CT molecular complexity index is 2710. The molecule has 7 aromatic carbocycles. The molecule has 0 N–H and O–H groups in total. The van der Waals surface area contributed by atoms with Gasteiger partial charge in [-0.1, -0.05) is 97.1 Å². The van der Waals surface area contributed by atoms with Crippen molar-refractivity contribution >= 4 is 68.8 Å². The largest absolute Gasteiger partial charge is 0.469 e. The van der Waals surface area contributed by atoms with E-state index in [-0.39, 0.29) is 18.5 Å². The first-order valence-corrected chi connectivity index (χ1v) is 21.3. The lowest BCUT2D eigenvalue weighted by Gasteiger charge is -2.26. The molecule has 8 aromatic rings. The molecule has 0 bridgehead atoms. The number of para-hydroxylation sites is 2. The third-order valence-electron chi connectivity index (χ3n) is 10.7. The van der Waals surface area contributed by atoms with Gasteiger partial charge in [0.2, 0.25) is 0 Å². The van der Waals surface area contributed by atoms with Crippen molar-refractivity contribution in [3.8, 4) is 22.3 Å². The highest BCUT2D eigenvalue weighted by Crippen LogP contribution is 2.40. The number of methoxy groups -OCH3 is 2. The summed E-state index contributed by atoms with van der Waals surface area (Å²) in [5.41, 5.74) is 14.1. The standard InChI is InChI=1S/C52H46N4O5S/c1-59-35-36-61-50(58)34-18-38-15-25-44(26-16-38)56(42-11-7-4-8-12-42)46-29-21-40(22-30-46)48-32-31-47(51-52(48)54-62-53-51)39-19-27-45(28-20-39)55(41-9-5-3-6-10-41)43-23-13-37(14-24-43)17-33-49(57)60-2/h3-16,19-32H,17-18,33-36H2,1-2H3. The fourth-order valence-corrected chi connectivity index (χ4v) is 8.06. The lowest BCUT2D eigenvalue weighted by molar-refractivity contribution is -0.145. The summed E-state index contributed by atoms with van der Waals surface area (Å²) in [4.78, 5) is 28.3. The SMILES string of the molecule is COCCOC(=O)CCc1ccc(N(c2ccccc2)c2ccc(-c3ccc(-c4ccc(N(c5ccccc5)c5ccc(CCC(=O)OC)cc5)cc4)c4nsnc34)cc2)cc1. The van der Waals surface area contributed by atoms with Crippen LogP contribution in [0.15, 0.2) is 170 Å². The first kappa shape index (κ1) is 41.6. The molecular weight excluding hydrogens is 793 g/mol. The Morgan fingerprint density at radius 1 is 0.468 bits per heavy atom. The number of rotatable bonds is 17. The van der Waals surface area contributed by atoms with Crippen LogP contribution in [0, 0.1) is 0 Å². The van der Waals surface area contributed by atoms with Crippen molar-refractivity contribution in [3.63, 3.8) is 0 Å². The summed E-state index contributed by atoms with van der Waals surface area (Å²) in [5.74, 6) is -0.443. The van der Waals surface area contributed by atoms with Gasteiger partial charge >= 0.3 is 11.9 Å². The van der Waals surface area contributed by atoms with Crippen molar-refractivity contribution in [1.82, 2.24) is 8.75 Å². The maximum Gasteiger partial charge on any atom is 0.306 e. The van der Waals surface area contributed by atoms with E-state index in [2.05, 4.69) is 143 Å². The third kappa shape index (κ3) is 9.73. The molecule has 1 aromatic heterocycles. The van der Waals surface area contributed by atoms with E-state index in [1.54, 1.807) is 7.11 Å². The predicted octanol–water partition coefficient (Wildman–Crippen LogP) is 12.2. The minimum atomic E-state index is -0.229. The van der Waals surface area contributed by atoms with Gasteiger partial charge in [0.1, 0.15) is 17.6 Å². The summed E-state index contributed by atoms with van der Waals surface area (Å²) in [6.45, 7) is 0.656. The molecule has 0 aliphatic rings. The number of esters is 2. The molecular formula is C52H46N4O5S. The Hall–Kier alpha value is -7.14. The van der Waals surface area contributed by atoms with Crippen molar-refractivity contribution in [2.45, 2.75) is 25.7 Å². The summed E-state index contributed by atoms with van der Waals surface area (Å²) >= 11 is 1.22. The zero-order valence-electron chi connectivity index (χ0n) is 34.6. The molecule has 0 unspecified atom stereocenters. The average Bonchev–Trinajstić information content (AvgIpc) is 3.83. The maximum absolute atomic E-state index is 12.2. The maximum atomic E-state index is 12.2. The average molecular weight is 839 g/mol. The lowest BCUT2D eigenvalue weighted by Crippen LogP contribution is -2.11. The van der Waals surface area contributed by atoms with Crippen molar-refractivity contribution in [2.24, 2.45) is 0 Å². The Morgan fingerprint density at radius 2 is 0.855 bits per heavy atom. The number of anilines is 6. The van der Waals surface area contributed by atoms with Crippen LogP contribution in [0.4, 0.5) is 34.1 Å². The second-order valence-corrected chi connectivity index (χ2v) is 15.2. The first-order valence-electron chi connectivity index (χ1n) is 20.5. The molecule has 10 heteroatoms. The number of ether oxygens (including phenoxy) is 3. The van der Waals surface area contributed by atoms with Gasteiger partial charge in [-0.05, 0) is 108 Å². The Balaban J connectivity index is 1.03. The molecule has 0 amide bonds. The molecule has 0 saturated carbocycles. The second kappa shape index (κ2) is 19.9. The molecule has 0 aliphatic heterocycles. The molecule has 1 heterocycles. The molecule has 9 nitrogen and oxygen atoms in total. The van der Waals surface area contributed by atoms with Gasteiger partial charge < -0.3 is 24.0 Å². The van der Waals surface area contributed by atoms with E-state index in [9.17, 15) is 9.59 Å². The van der Waals surface area contributed by atoms with Crippen LogP contribution in [-0.4, -0.2) is 48.1 Å². The Morgan fingerprint density at radius 3 is 1.26 bits per heavy atom. The Kier molecular flexibility index (Phi) is 13.4. The van der Waals surface area contributed by atoms with E-state index >= 15 is 0 Å². The van der Waals surface area contributed by atoms with Crippen molar-refractivity contribution in [2.75, 3.05) is 37.2 Å². The minimum absolute atomic E-state index is 0.214. The van der Waals surface area contributed by atoms with Gasteiger partial charge in [-0.25, -0.2) is 0 Å². The van der Waals surface area contributed by atoms with Gasteiger partial charge in [-0.3, -0.25) is 9.59 Å². The molecule has 0 spiro atoms. The van der Waals surface area contributed by atoms with E-state index in [4.69, 9.17) is 23.0 Å². The number of carbonyl (C=O) groups is 2. The van der Waals surface area contributed by atoms with Crippen LogP contribution >= 0.6 is 11.7 Å². The van der Waals surface area contributed by atoms with Crippen LogP contribution in [0.3, 0.4) is 0 Å². The summed E-state index contributed by atoms with van der Waals surface area (Å²) in [7, 11) is 3.00. The topological polar surface area (TPSA) is 94.1 Å². The zero-order chi connectivity index (χ0) is 42.7. The van der Waals surface area contributed by atoms with Crippen LogP contribution < -0.4 is 9.80 Å². The molecule has 0 atom stereocenters. The van der Waals surface area contributed by atoms with Gasteiger partial charge in [0.05, 0.1) is 25.4 Å². The second-order valence-electron chi connectivity index (χ2n) is 14.7. The molecule has 0 radical (unpaired) electrons. The lowest BCUT2D eigenvalue weighted by atomic mass is 9.97. The summed E-state index contributed by atoms with van der Waals surface area (Å²) in [5, 5.41) is 0. The summed E-state index contributed by atoms with van der Waals surface area (Å²) in [6.07, 6.45) is 1.88. The number of aryl methyl sites for hydroxylation is 2. The van der Waals surface area contributed by atoms with Crippen LogP contribution in [0.1, 0.15) is 24.0 Å². The molecule has 0 fully saturated rings. The number of fused-ring (bicyclic) bond motifs is 1. The predicted molar refractivity (Wildman–Crippen MR) is 249 cm³/mol. The van der Waals surface area contributed by atoms with Gasteiger partial charge in [-0.2, -0.15) is 8.75 Å². The monoisotopic (exact) mass is 838 g/mol.